The quantitative estimate of drug-likeness (QED) is 0.864. The summed E-state index contributed by atoms with van der Waals surface area (Å²) in [5, 5.41) is 12.2. The van der Waals surface area contributed by atoms with Gasteiger partial charge >= 0.3 is 5.97 Å². The fraction of sp³-hybridized carbons (Fsp3) is 0.500. The summed E-state index contributed by atoms with van der Waals surface area (Å²) in [5.41, 5.74) is 1.74. The molecule has 2 N–H and O–H groups in total. The zero-order valence-electron chi connectivity index (χ0n) is 12.2. The second-order valence-corrected chi connectivity index (χ2v) is 6.72. The molecule has 1 amide bonds. The molecular weight excluding hydrogens is 334 g/mol. The van der Waals surface area contributed by atoms with Crippen molar-refractivity contribution < 1.29 is 14.7 Å². The van der Waals surface area contributed by atoms with Gasteiger partial charge in [-0.15, -0.1) is 0 Å². The van der Waals surface area contributed by atoms with Crippen molar-refractivity contribution in [1.82, 2.24) is 0 Å². The van der Waals surface area contributed by atoms with Crippen LogP contribution < -0.4 is 5.32 Å². The Labute approximate surface area is 133 Å². The maximum Gasteiger partial charge on any atom is 0.307 e. The number of hydrogen-bond donors (Lipinski definition) is 2. The SMILES string of the molecule is CCC1CC(C(=O)O)C(C(=O)Nc2cc(C)cc(Br)c2)C1. The molecule has 3 unspecified atom stereocenters. The van der Waals surface area contributed by atoms with Crippen LogP contribution in [0.1, 0.15) is 31.7 Å². The van der Waals surface area contributed by atoms with Crippen molar-refractivity contribution in [1.29, 1.82) is 0 Å². The predicted molar refractivity (Wildman–Crippen MR) is 85.1 cm³/mol. The van der Waals surface area contributed by atoms with Gasteiger partial charge in [-0.3, -0.25) is 9.59 Å². The summed E-state index contributed by atoms with van der Waals surface area (Å²) in [4.78, 5) is 23.8. The average Bonchev–Trinajstić information content (AvgIpc) is 2.81. The van der Waals surface area contributed by atoms with Crippen LogP contribution in [0.25, 0.3) is 0 Å². The minimum Gasteiger partial charge on any atom is -0.481 e. The first-order valence-corrected chi connectivity index (χ1v) is 8.00. The smallest absolute Gasteiger partial charge is 0.307 e. The highest BCUT2D eigenvalue weighted by Gasteiger charge is 2.42. The third-order valence-electron chi connectivity index (χ3n) is 4.20. The van der Waals surface area contributed by atoms with E-state index in [0.717, 1.165) is 16.5 Å². The Morgan fingerprint density at radius 1 is 1.29 bits per heavy atom. The summed E-state index contributed by atoms with van der Waals surface area (Å²) >= 11 is 3.40. The Kier molecular flexibility index (Phi) is 5.04. The van der Waals surface area contributed by atoms with Crippen LogP contribution in [0.5, 0.6) is 0 Å². The molecule has 0 heterocycles. The molecule has 1 aromatic carbocycles. The largest absolute Gasteiger partial charge is 0.481 e. The van der Waals surface area contributed by atoms with Gasteiger partial charge in [0.1, 0.15) is 0 Å². The molecule has 114 valence electrons. The third kappa shape index (κ3) is 3.84. The van der Waals surface area contributed by atoms with E-state index in [4.69, 9.17) is 0 Å². The van der Waals surface area contributed by atoms with Gasteiger partial charge in [0.15, 0.2) is 0 Å². The first kappa shape index (κ1) is 16.0. The van der Waals surface area contributed by atoms with Crippen molar-refractivity contribution in [2.75, 3.05) is 5.32 Å². The monoisotopic (exact) mass is 353 g/mol. The highest BCUT2D eigenvalue weighted by Crippen LogP contribution is 2.39. The number of halogens is 1. The van der Waals surface area contributed by atoms with Crippen molar-refractivity contribution >= 4 is 33.5 Å². The van der Waals surface area contributed by atoms with Crippen LogP contribution >= 0.6 is 15.9 Å². The van der Waals surface area contributed by atoms with E-state index in [9.17, 15) is 14.7 Å². The molecule has 1 aliphatic carbocycles. The first-order valence-electron chi connectivity index (χ1n) is 7.21. The summed E-state index contributed by atoms with van der Waals surface area (Å²) in [6.45, 7) is 3.99. The van der Waals surface area contributed by atoms with E-state index in [1.807, 2.05) is 32.0 Å². The molecule has 1 saturated carbocycles. The fourth-order valence-corrected chi connectivity index (χ4v) is 3.69. The Morgan fingerprint density at radius 2 is 1.95 bits per heavy atom. The maximum absolute atomic E-state index is 12.4. The van der Waals surface area contributed by atoms with E-state index in [1.54, 1.807) is 0 Å². The van der Waals surface area contributed by atoms with Crippen LogP contribution in [-0.2, 0) is 9.59 Å². The van der Waals surface area contributed by atoms with Crippen LogP contribution in [0.3, 0.4) is 0 Å². The Hall–Kier alpha value is -1.36. The molecular formula is C16H20BrNO3. The molecule has 1 aromatic rings. The second-order valence-electron chi connectivity index (χ2n) is 5.80. The number of aliphatic carboxylic acids is 1. The molecule has 1 fully saturated rings. The van der Waals surface area contributed by atoms with Crippen LogP contribution in [0.4, 0.5) is 5.69 Å². The maximum atomic E-state index is 12.4. The fourth-order valence-electron chi connectivity index (χ4n) is 3.08. The molecule has 0 bridgehead atoms. The van der Waals surface area contributed by atoms with Gasteiger partial charge in [0, 0.05) is 10.2 Å². The van der Waals surface area contributed by atoms with Crippen LogP contribution in [0.15, 0.2) is 22.7 Å². The lowest BCUT2D eigenvalue weighted by molar-refractivity contribution is -0.145. The van der Waals surface area contributed by atoms with Crippen molar-refractivity contribution in [3.63, 3.8) is 0 Å². The zero-order chi connectivity index (χ0) is 15.6. The summed E-state index contributed by atoms with van der Waals surface area (Å²) in [6.07, 6.45) is 2.18. The van der Waals surface area contributed by atoms with E-state index < -0.39 is 17.8 Å². The molecule has 3 atom stereocenters. The normalized spacial score (nSPS) is 24.8. The van der Waals surface area contributed by atoms with Crippen molar-refractivity contribution in [2.24, 2.45) is 17.8 Å². The number of anilines is 1. The molecule has 21 heavy (non-hydrogen) atoms. The number of carbonyl (C=O) groups is 2. The number of carbonyl (C=O) groups excluding carboxylic acids is 1. The van der Waals surface area contributed by atoms with Crippen molar-refractivity contribution in [3.8, 4) is 0 Å². The molecule has 5 heteroatoms. The highest BCUT2D eigenvalue weighted by molar-refractivity contribution is 9.10. The number of benzene rings is 1. The van der Waals surface area contributed by atoms with Crippen molar-refractivity contribution in [2.45, 2.75) is 33.1 Å². The average molecular weight is 354 g/mol. The number of carboxylic acid groups (broad SMARTS) is 1. The summed E-state index contributed by atoms with van der Waals surface area (Å²) < 4.78 is 0.894. The number of nitrogens with one attached hydrogen (secondary N) is 1. The zero-order valence-corrected chi connectivity index (χ0v) is 13.8. The summed E-state index contributed by atoms with van der Waals surface area (Å²) in [6, 6.07) is 5.66. The number of carboxylic acids is 1. The topological polar surface area (TPSA) is 66.4 Å². The number of aryl methyl sites for hydroxylation is 1. The molecule has 1 aliphatic rings. The van der Waals surface area contributed by atoms with E-state index in [1.165, 1.54) is 0 Å². The Balaban J connectivity index is 2.13. The van der Waals surface area contributed by atoms with E-state index in [-0.39, 0.29) is 5.91 Å². The van der Waals surface area contributed by atoms with Crippen LogP contribution in [-0.4, -0.2) is 17.0 Å². The second kappa shape index (κ2) is 6.60. The van der Waals surface area contributed by atoms with Gasteiger partial charge in [0.2, 0.25) is 5.91 Å². The molecule has 0 spiro atoms. The minimum absolute atomic E-state index is 0.184. The molecule has 4 nitrogen and oxygen atoms in total. The molecule has 0 saturated heterocycles. The molecule has 0 aliphatic heterocycles. The van der Waals surface area contributed by atoms with Crippen molar-refractivity contribution in [3.05, 3.63) is 28.2 Å². The molecule has 0 aromatic heterocycles. The summed E-state index contributed by atoms with van der Waals surface area (Å²) in [5.74, 6) is -1.73. The van der Waals surface area contributed by atoms with Gasteiger partial charge < -0.3 is 10.4 Å². The van der Waals surface area contributed by atoms with Gasteiger partial charge in [0.25, 0.3) is 0 Å². The molecule has 2 rings (SSSR count). The lowest BCUT2D eigenvalue weighted by Crippen LogP contribution is -2.30. The van der Waals surface area contributed by atoms with Gasteiger partial charge in [-0.05, 0) is 49.4 Å². The first-order chi connectivity index (χ1) is 9.90. The van der Waals surface area contributed by atoms with Gasteiger partial charge in [-0.2, -0.15) is 0 Å². The van der Waals surface area contributed by atoms with E-state index >= 15 is 0 Å². The third-order valence-corrected chi connectivity index (χ3v) is 4.66. The Bertz CT molecular complexity index is 538. The highest BCUT2D eigenvalue weighted by atomic mass is 79.9. The van der Waals surface area contributed by atoms with E-state index in [2.05, 4.69) is 21.2 Å². The van der Waals surface area contributed by atoms with Gasteiger partial charge in [0.05, 0.1) is 11.8 Å². The summed E-state index contributed by atoms with van der Waals surface area (Å²) in [7, 11) is 0. The predicted octanol–water partition coefficient (Wildman–Crippen LogP) is 3.83. The van der Waals surface area contributed by atoms with Gasteiger partial charge in [-0.1, -0.05) is 29.3 Å². The van der Waals surface area contributed by atoms with E-state index in [0.29, 0.717) is 24.4 Å². The molecule has 0 radical (unpaired) electrons. The lowest BCUT2D eigenvalue weighted by Gasteiger charge is -2.16. The lowest BCUT2D eigenvalue weighted by atomic mass is 9.95. The van der Waals surface area contributed by atoms with Gasteiger partial charge in [-0.25, -0.2) is 0 Å². The number of amides is 1. The van der Waals surface area contributed by atoms with Crippen LogP contribution in [0, 0.1) is 24.7 Å². The van der Waals surface area contributed by atoms with Crippen LogP contribution in [0.2, 0.25) is 0 Å². The standard InChI is InChI=1S/C16H20BrNO3/c1-3-10-6-13(14(7-10)16(20)21)15(19)18-12-5-9(2)4-11(17)8-12/h4-5,8,10,13-14H,3,6-7H2,1-2H3,(H,18,19)(H,20,21). The Morgan fingerprint density at radius 3 is 2.52 bits per heavy atom. The number of hydrogen-bond acceptors (Lipinski definition) is 2. The minimum atomic E-state index is -0.864. The number of rotatable bonds is 4.